The monoisotopic (exact) mass is 329 g/mol. The fraction of sp³-hybridized carbons (Fsp3) is 0.0476. The van der Waals surface area contributed by atoms with Gasteiger partial charge in [-0.3, -0.25) is 9.59 Å². The number of hydrogen-bond donors (Lipinski definition) is 0. The predicted octanol–water partition coefficient (Wildman–Crippen LogP) is 4.59. The molecule has 0 aliphatic carbocycles. The maximum atomic E-state index is 12.6. The first-order valence-corrected chi connectivity index (χ1v) is 7.96. The van der Waals surface area contributed by atoms with Gasteiger partial charge in [0.25, 0.3) is 11.8 Å². The van der Waals surface area contributed by atoms with E-state index in [2.05, 4.69) is 0 Å². The maximum absolute atomic E-state index is 12.6. The summed E-state index contributed by atoms with van der Waals surface area (Å²) < 4.78 is 5.74. The van der Waals surface area contributed by atoms with Crippen LogP contribution in [0.2, 0.25) is 0 Å². The zero-order chi connectivity index (χ0) is 17.4. The van der Waals surface area contributed by atoms with Crippen molar-refractivity contribution in [3.05, 3.63) is 89.5 Å². The SMILES string of the molecule is Cc1ccc2c(c1)C(=O)N(c1ccc(Oc3ccccc3)cc1)C2=O. The van der Waals surface area contributed by atoms with E-state index >= 15 is 0 Å². The van der Waals surface area contributed by atoms with Crippen LogP contribution in [0.4, 0.5) is 5.69 Å². The number of imide groups is 1. The minimum atomic E-state index is -0.295. The third kappa shape index (κ3) is 2.68. The molecule has 0 aromatic heterocycles. The molecule has 4 rings (SSSR count). The normalized spacial score (nSPS) is 13.1. The first-order chi connectivity index (χ1) is 12.1. The van der Waals surface area contributed by atoms with Crippen molar-refractivity contribution in [2.24, 2.45) is 0 Å². The third-order valence-electron chi connectivity index (χ3n) is 4.12. The molecule has 122 valence electrons. The molecule has 3 aromatic rings. The minimum Gasteiger partial charge on any atom is -0.457 e. The highest BCUT2D eigenvalue weighted by Gasteiger charge is 2.36. The maximum Gasteiger partial charge on any atom is 0.266 e. The van der Waals surface area contributed by atoms with Gasteiger partial charge >= 0.3 is 0 Å². The van der Waals surface area contributed by atoms with E-state index < -0.39 is 0 Å². The Morgan fingerprint density at radius 3 is 2.08 bits per heavy atom. The largest absolute Gasteiger partial charge is 0.457 e. The number of aryl methyl sites for hydroxylation is 1. The molecule has 0 spiro atoms. The van der Waals surface area contributed by atoms with Gasteiger partial charge < -0.3 is 4.74 Å². The van der Waals surface area contributed by atoms with Gasteiger partial charge in [-0.05, 0) is 55.5 Å². The number of para-hydroxylation sites is 1. The number of ether oxygens (including phenoxy) is 1. The van der Waals surface area contributed by atoms with Crippen molar-refractivity contribution < 1.29 is 14.3 Å². The van der Waals surface area contributed by atoms with E-state index in [1.54, 1.807) is 36.4 Å². The molecule has 4 nitrogen and oxygen atoms in total. The van der Waals surface area contributed by atoms with Gasteiger partial charge in [0.15, 0.2) is 0 Å². The summed E-state index contributed by atoms with van der Waals surface area (Å²) in [5, 5.41) is 0. The Bertz CT molecular complexity index is 962. The fourth-order valence-corrected chi connectivity index (χ4v) is 2.88. The molecule has 25 heavy (non-hydrogen) atoms. The third-order valence-corrected chi connectivity index (χ3v) is 4.12. The molecule has 0 saturated carbocycles. The van der Waals surface area contributed by atoms with Crippen molar-refractivity contribution in [1.82, 2.24) is 0 Å². The number of nitrogens with zero attached hydrogens (tertiary/aromatic N) is 1. The van der Waals surface area contributed by atoms with Crippen LogP contribution in [0.15, 0.2) is 72.8 Å². The molecular formula is C21H15NO3. The van der Waals surface area contributed by atoms with Crippen molar-refractivity contribution in [2.45, 2.75) is 6.92 Å². The van der Waals surface area contributed by atoms with Crippen LogP contribution in [0.3, 0.4) is 0 Å². The molecule has 1 heterocycles. The van der Waals surface area contributed by atoms with Gasteiger partial charge in [0.05, 0.1) is 16.8 Å². The van der Waals surface area contributed by atoms with Crippen molar-refractivity contribution >= 4 is 17.5 Å². The number of fused-ring (bicyclic) bond motifs is 1. The summed E-state index contributed by atoms with van der Waals surface area (Å²) in [7, 11) is 0. The van der Waals surface area contributed by atoms with Gasteiger partial charge in [0.2, 0.25) is 0 Å². The number of hydrogen-bond acceptors (Lipinski definition) is 3. The lowest BCUT2D eigenvalue weighted by Crippen LogP contribution is -2.29. The standard InChI is InChI=1S/C21H15NO3/c1-14-7-12-18-19(13-14)21(24)22(20(18)23)15-8-10-17(11-9-15)25-16-5-3-2-4-6-16/h2-13H,1H3. The number of anilines is 1. The van der Waals surface area contributed by atoms with Crippen LogP contribution in [0.25, 0.3) is 0 Å². The molecule has 2 amide bonds. The average Bonchev–Trinajstić information content (AvgIpc) is 2.87. The summed E-state index contributed by atoms with van der Waals surface area (Å²) >= 11 is 0. The lowest BCUT2D eigenvalue weighted by atomic mass is 10.1. The zero-order valence-electron chi connectivity index (χ0n) is 13.6. The van der Waals surface area contributed by atoms with E-state index in [9.17, 15) is 9.59 Å². The smallest absolute Gasteiger partial charge is 0.266 e. The minimum absolute atomic E-state index is 0.291. The number of carbonyl (C=O) groups excluding carboxylic acids is 2. The van der Waals surface area contributed by atoms with Crippen LogP contribution in [-0.4, -0.2) is 11.8 Å². The Kier molecular flexibility index (Phi) is 3.58. The van der Waals surface area contributed by atoms with E-state index in [-0.39, 0.29) is 11.8 Å². The van der Waals surface area contributed by atoms with E-state index in [0.717, 1.165) is 11.3 Å². The molecule has 1 aliphatic heterocycles. The van der Waals surface area contributed by atoms with Gasteiger partial charge in [-0.1, -0.05) is 29.8 Å². The second kappa shape index (κ2) is 5.91. The Hall–Kier alpha value is -3.40. The van der Waals surface area contributed by atoms with E-state index in [1.807, 2.05) is 43.3 Å². The zero-order valence-corrected chi connectivity index (χ0v) is 13.6. The lowest BCUT2D eigenvalue weighted by Gasteiger charge is -2.14. The second-order valence-electron chi connectivity index (χ2n) is 5.90. The summed E-state index contributed by atoms with van der Waals surface area (Å²) in [6.45, 7) is 1.90. The van der Waals surface area contributed by atoms with Crippen LogP contribution in [0.5, 0.6) is 11.5 Å². The fourth-order valence-electron chi connectivity index (χ4n) is 2.88. The number of amides is 2. The van der Waals surface area contributed by atoms with Gasteiger partial charge in [-0.15, -0.1) is 0 Å². The van der Waals surface area contributed by atoms with E-state index in [0.29, 0.717) is 22.6 Å². The van der Waals surface area contributed by atoms with Crippen molar-refractivity contribution in [1.29, 1.82) is 0 Å². The Labute approximate surface area is 145 Å². The van der Waals surface area contributed by atoms with Crippen LogP contribution >= 0.6 is 0 Å². The molecule has 0 atom stereocenters. The summed E-state index contributed by atoms with van der Waals surface area (Å²) in [6, 6.07) is 21.6. The summed E-state index contributed by atoms with van der Waals surface area (Å²) in [5.74, 6) is 0.783. The molecular weight excluding hydrogens is 314 g/mol. The van der Waals surface area contributed by atoms with E-state index in [4.69, 9.17) is 4.74 Å². The summed E-state index contributed by atoms with van der Waals surface area (Å²) in [5.41, 5.74) is 2.38. The molecule has 0 unspecified atom stereocenters. The van der Waals surface area contributed by atoms with Crippen LogP contribution < -0.4 is 9.64 Å². The average molecular weight is 329 g/mol. The first kappa shape index (κ1) is 15.1. The van der Waals surface area contributed by atoms with Crippen LogP contribution in [0.1, 0.15) is 26.3 Å². The van der Waals surface area contributed by atoms with E-state index in [1.165, 1.54) is 4.90 Å². The quantitative estimate of drug-likeness (QED) is 0.660. The number of carbonyl (C=O) groups is 2. The predicted molar refractivity (Wildman–Crippen MR) is 95.3 cm³/mol. The summed E-state index contributed by atoms with van der Waals surface area (Å²) in [4.78, 5) is 26.4. The molecule has 1 aliphatic rings. The van der Waals surface area contributed by atoms with Crippen LogP contribution in [-0.2, 0) is 0 Å². The highest BCUT2D eigenvalue weighted by molar-refractivity contribution is 6.34. The van der Waals surface area contributed by atoms with Crippen molar-refractivity contribution in [3.8, 4) is 11.5 Å². The lowest BCUT2D eigenvalue weighted by molar-refractivity contribution is 0.0926. The Balaban J connectivity index is 1.61. The Morgan fingerprint density at radius 2 is 1.36 bits per heavy atom. The molecule has 0 fully saturated rings. The van der Waals surface area contributed by atoms with Crippen molar-refractivity contribution in [3.63, 3.8) is 0 Å². The van der Waals surface area contributed by atoms with Crippen LogP contribution in [0, 0.1) is 6.92 Å². The van der Waals surface area contributed by atoms with Gasteiger partial charge in [-0.2, -0.15) is 0 Å². The molecule has 0 saturated heterocycles. The highest BCUT2D eigenvalue weighted by Crippen LogP contribution is 2.31. The van der Waals surface area contributed by atoms with Gasteiger partial charge in [0, 0.05) is 0 Å². The summed E-state index contributed by atoms with van der Waals surface area (Å²) in [6.07, 6.45) is 0. The van der Waals surface area contributed by atoms with Gasteiger partial charge in [0.1, 0.15) is 11.5 Å². The van der Waals surface area contributed by atoms with Gasteiger partial charge in [-0.25, -0.2) is 4.90 Å². The first-order valence-electron chi connectivity index (χ1n) is 7.96. The number of rotatable bonds is 3. The molecule has 0 N–H and O–H groups in total. The Morgan fingerprint density at radius 1 is 0.720 bits per heavy atom. The molecule has 0 radical (unpaired) electrons. The topological polar surface area (TPSA) is 46.6 Å². The molecule has 3 aromatic carbocycles. The highest BCUT2D eigenvalue weighted by atomic mass is 16.5. The second-order valence-corrected chi connectivity index (χ2v) is 5.90. The van der Waals surface area contributed by atoms with Crippen molar-refractivity contribution in [2.75, 3.05) is 4.90 Å². The molecule has 0 bridgehead atoms. The molecule has 4 heteroatoms. The number of benzene rings is 3.